The van der Waals surface area contributed by atoms with Gasteiger partial charge in [0, 0.05) is 40.5 Å². The summed E-state index contributed by atoms with van der Waals surface area (Å²) in [7, 11) is 1.57. The Hall–Kier alpha value is -2.47. The first-order chi connectivity index (χ1) is 15.5. The van der Waals surface area contributed by atoms with Crippen LogP contribution in [0.5, 0.6) is 0 Å². The molecule has 7 heteroatoms. The van der Waals surface area contributed by atoms with E-state index >= 15 is 0 Å². The van der Waals surface area contributed by atoms with Crippen LogP contribution in [0.25, 0.3) is 0 Å². The number of carbonyl (C=O) groups excluding carboxylic acids is 2. The van der Waals surface area contributed by atoms with Crippen LogP contribution in [0.3, 0.4) is 0 Å². The van der Waals surface area contributed by atoms with E-state index in [1.165, 1.54) is 11.8 Å². The second-order valence-corrected chi connectivity index (χ2v) is 9.01. The molecule has 3 aromatic carbocycles. The summed E-state index contributed by atoms with van der Waals surface area (Å²) in [6, 6.07) is 23.8. The Morgan fingerprint density at radius 2 is 1.50 bits per heavy atom. The molecular weight excluding hydrogens is 463 g/mol. The molecule has 0 aliphatic rings. The van der Waals surface area contributed by atoms with E-state index in [0.29, 0.717) is 22.0 Å². The van der Waals surface area contributed by atoms with E-state index in [1.54, 1.807) is 30.1 Å². The van der Waals surface area contributed by atoms with Gasteiger partial charge in [0.2, 0.25) is 11.8 Å². The van der Waals surface area contributed by atoms with E-state index in [-0.39, 0.29) is 24.1 Å². The largest absolute Gasteiger partial charge is 0.357 e. The van der Waals surface area contributed by atoms with E-state index in [9.17, 15) is 9.59 Å². The number of benzene rings is 3. The molecule has 0 fully saturated rings. The molecule has 0 aromatic heterocycles. The molecule has 3 aromatic rings. The molecule has 0 radical (unpaired) electrons. The van der Waals surface area contributed by atoms with Gasteiger partial charge in [-0.1, -0.05) is 77.8 Å². The zero-order valence-electron chi connectivity index (χ0n) is 17.6. The lowest BCUT2D eigenvalue weighted by molar-refractivity contribution is -0.139. The Balaban J connectivity index is 1.92. The van der Waals surface area contributed by atoms with Crippen molar-refractivity contribution in [1.82, 2.24) is 10.2 Å². The maximum absolute atomic E-state index is 13.4. The minimum absolute atomic E-state index is 0.137. The van der Waals surface area contributed by atoms with Crippen molar-refractivity contribution < 1.29 is 9.59 Å². The predicted octanol–water partition coefficient (Wildman–Crippen LogP) is 5.47. The molecule has 0 saturated heterocycles. The lowest BCUT2D eigenvalue weighted by atomic mass is 10.0. The first-order valence-electron chi connectivity index (χ1n) is 10.2. The smallest absolute Gasteiger partial charge is 0.242 e. The van der Waals surface area contributed by atoms with Crippen LogP contribution < -0.4 is 5.32 Å². The highest BCUT2D eigenvalue weighted by molar-refractivity contribution is 8.00. The fraction of sp³-hybridized carbons (Fsp3) is 0.200. The second-order valence-electron chi connectivity index (χ2n) is 7.14. The number of rotatable bonds is 9. The number of thioether (sulfide) groups is 1. The molecule has 2 amide bonds. The fourth-order valence-corrected chi connectivity index (χ4v) is 4.64. The Morgan fingerprint density at radius 3 is 2.09 bits per heavy atom. The topological polar surface area (TPSA) is 49.4 Å². The van der Waals surface area contributed by atoms with Crippen LogP contribution >= 0.6 is 35.0 Å². The molecule has 0 spiro atoms. The standard InChI is InChI=1S/C25H24Cl2N2O2S/c1-28-25(31)23(15-18-9-4-2-5-10-18)29(16-20-21(26)13-8-14-22(20)27)24(30)17-32-19-11-6-3-7-12-19/h2-14,23H,15-17H2,1H3,(H,28,31)/t23-/m1/s1. The van der Waals surface area contributed by atoms with Crippen LogP contribution in [-0.4, -0.2) is 35.6 Å². The summed E-state index contributed by atoms with van der Waals surface area (Å²) in [6.45, 7) is 0.137. The summed E-state index contributed by atoms with van der Waals surface area (Å²) in [4.78, 5) is 28.9. The maximum atomic E-state index is 13.4. The summed E-state index contributed by atoms with van der Waals surface area (Å²) in [5.74, 6) is -0.219. The summed E-state index contributed by atoms with van der Waals surface area (Å²) < 4.78 is 0. The van der Waals surface area contributed by atoms with Crippen LogP contribution in [0.1, 0.15) is 11.1 Å². The van der Waals surface area contributed by atoms with Gasteiger partial charge in [0.1, 0.15) is 6.04 Å². The molecular formula is C25H24Cl2N2O2S. The average molecular weight is 487 g/mol. The highest BCUT2D eigenvalue weighted by Gasteiger charge is 2.30. The SMILES string of the molecule is CNC(=O)[C@@H](Cc1ccccc1)N(Cc1c(Cl)cccc1Cl)C(=O)CSc1ccccc1. The van der Waals surface area contributed by atoms with Crippen molar-refractivity contribution in [3.8, 4) is 0 Å². The third-order valence-electron chi connectivity index (χ3n) is 5.01. The number of halogens is 2. The quantitative estimate of drug-likeness (QED) is 0.407. The third kappa shape index (κ3) is 6.52. The maximum Gasteiger partial charge on any atom is 0.242 e. The Labute approximate surface area is 202 Å². The molecule has 166 valence electrons. The van der Waals surface area contributed by atoms with E-state index in [1.807, 2.05) is 60.7 Å². The molecule has 1 atom stereocenters. The number of hydrogen-bond acceptors (Lipinski definition) is 3. The van der Waals surface area contributed by atoms with Crippen molar-refractivity contribution in [1.29, 1.82) is 0 Å². The molecule has 0 saturated carbocycles. The highest BCUT2D eigenvalue weighted by atomic mass is 35.5. The summed E-state index contributed by atoms with van der Waals surface area (Å²) in [5, 5.41) is 3.62. The Morgan fingerprint density at radius 1 is 0.906 bits per heavy atom. The van der Waals surface area contributed by atoms with Crippen LogP contribution in [0, 0.1) is 0 Å². The fourth-order valence-electron chi connectivity index (χ4n) is 3.32. The van der Waals surface area contributed by atoms with Gasteiger partial charge in [0.25, 0.3) is 0 Å². The van der Waals surface area contributed by atoms with Crippen molar-refractivity contribution in [3.05, 3.63) is 100 Å². The molecule has 3 rings (SSSR count). The van der Waals surface area contributed by atoms with Gasteiger partial charge in [-0.25, -0.2) is 0 Å². The van der Waals surface area contributed by atoms with E-state index < -0.39 is 6.04 Å². The average Bonchev–Trinajstić information content (AvgIpc) is 2.82. The van der Waals surface area contributed by atoms with Crippen molar-refractivity contribution in [2.24, 2.45) is 0 Å². The predicted molar refractivity (Wildman–Crippen MR) is 132 cm³/mol. The lowest BCUT2D eigenvalue weighted by Gasteiger charge is -2.31. The Kier molecular flexibility index (Phi) is 9.03. The summed E-state index contributed by atoms with van der Waals surface area (Å²) >= 11 is 14.2. The van der Waals surface area contributed by atoms with Gasteiger partial charge in [0.15, 0.2) is 0 Å². The van der Waals surface area contributed by atoms with Gasteiger partial charge in [-0.15, -0.1) is 11.8 Å². The molecule has 0 bridgehead atoms. The van der Waals surface area contributed by atoms with E-state index in [2.05, 4.69) is 5.32 Å². The Bertz CT molecular complexity index is 1030. The number of carbonyl (C=O) groups is 2. The van der Waals surface area contributed by atoms with E-state index in [0.717, 1.165) is 10.5 Å². The number of hydrogen-bond donors (Lipinski definition) is 1. The molecule has 1 N–H and O–H groups in total. The van der Waals surface area contributed by atoms with Gasteiger partial charge in [-0.3, -0.25) is 9.59 Å². The van der Waals surface area contributed by atoms with Crippen molar-refractivity contribution in [3.63, 3.8) is 0 Å². The lowest BCUT2D eigenvalue weighted by Crippen LogP contribution is -2.50. The first kappa shape index (κ1) is 24.2. The molecule has 0 heterocycles. The van der Waals surface area contributed by atoms with Gasteiger partial charge in [-0.2, -0.15) is 0 Å². The number of likely N-dealkylation sites (N-methyl/N-ethyl adjacent to an activating group) is 1. The normalized spacial score (nSPS) is 11.6. The highest BCUT2D eigenvalue weighted by Crippen LogP contribution is 2.28. The van der Waals surface area contributed by atoms with Gasteiger partial charge in [-0.05, 0) is 29.8 Å². The van der Waals surface area contributed by atoms with Crippen molar-refractivity contribution in [2.45, 2.75) is 23.9 Å². The zero-order valence-corrected chi connectivity index (χ0v) is 20.0. The first-order valence-corrected chi connectivity index (χ1v) is 11.9. The van der Waals surface area contributed by atoms with Crippen LogP contribution in [0.15, 0.2) is 83.8 Å². The molecule has 32 heavy (non-hydrogen) atoms. The van der Waals surface area contributed by atoms with Crippen molar-refractivity contribution in [2.75, 3.05) is 12.8 Å². The summed E-state index contributed by atoms with van der Waals surface area (Å²) in [5.41, 5.74) is 1.58. The van der Waals surface area contributed by atoms with Gasteiger partial charge < -0.3 is 10.2 Å². The second kappa shape index (κ2) is 12.0. The van der Waals surface area contributed by atoms with Gasteiger partial charge in [0.05, 0.1) is 5.75 Å². The summed E-state index contributed by atoms with van der Waals surface area (Å²) in [6.07, 6.45) is 0.379. The monoisotopic (exact) mass is 486 g/mol. The molecule has 0 aliphatic heterocycles. The van der Waals surface area contributed by atoms with Gasteiger partial charge >= 0.3 is 0 Å². The van der Waals surface area contributed by atoms with Crippen LogP contribution in [0.2, 0.25) is 10.0 Å². The zero-order chi connectivity index (χ0) is 22.9. The minimum atomic E-state index is -0.710. The third-order valence-corrected chi connectivity index (χ3v) is 6.72. The number of amides is 2. The number of nitrogens with zero attached hydrogens (tertiary/aromatic N) is 1. The van der Waals surface area contributed by atoms with Crippen LogP contribution in [0.4, 0.5) is 0 Å². The number of nitrogens with one attached hydrogen (secondary N) is 1. The van der Waals surface area contributed by atoms with E-state index in [4.69, 9.17) is 23.2 Å². The molecule has 0 unspecified atom stereocenters. The minimum Gasteiger partial charge on any atom is -0.357 e. The van der Waals surface area contributed by atoms with Crippen LogP contribution in [-0.2, 0) is 22.6 Å². The van der Waals surface area contributed by atoms with Crippen molar-refractivity contribution >= 4 is 46.8 Å². The molecule has 0 aliphatic carbocycles. The molecule has 4 nitrogen and oxygen atoms in total.